The van der Waals surface area contributed by atoms with Crippen LogP contribution in [-0.2, 0) is 13.0 Å². The summed E-state index contributed by atoms with van der Waals surface area (Å²) in [5, 5.41) is 17.2. The maximum Gasteiger partial charge on any atom is 0.160 e. The van der Waals surface area contributed by atoms with Gasteiger partial charge in [0.05, 0.1) is 14.2 Å². The standard InChI is InChI=1S/C27H35NO3.C20H27FN2/c1-27-13-12-21-20-8-6-19(30-2)15-18(20)5-7-22(21)23(27)9-11-26(27)28-16-17-4-10-24(29)25(14-17)31-3;1-16(15-22-12-7-13-23(2)3)18-10-11-19(20(21)14-18)17-8-5-4-6-9-17/h4,6,8,10,14-15,21-23,26,28-29H,5,7,9,11-13,16H2,1-3H3;4-6,8-11,14,16,22H,7,12-13,15H2,1-3H3/t21-,22-,23+,26+,27+;/m1./s1. The number of methoxy groups -OCH3 is 2. The topological polar surface area (TPSA) is 66.0 Å². The molecule has 6 nitrogen and oxygen atoms in total. The van der Waals surface area contributed by atoms with Gasteiger partial charge in [-0.2, -0.15) is 0 Å². The fourth-order valence-electron chi connectivity index (χ4n) is 9.74. The van der Waals surface area contributed by atoms with Crippen molar-refractivity contribution in [3.63, 3.8) is 0 Å². The first-order valence-electron chi connectivity index (χ1n) is 20.1. The minimum absolute atomic E-state index is 0.145. The number of benzene rings is 4. The van der Waals surface area contributed by atoms with Crippen LogP contribution in [0.4, 0.5) is 4.39 Å². The molecule has 2 saturated carbocycles. The van der Waals surface area contributed by atoms with Crippen LogP contribution in [0.1, 0.15) is 86.5 Å². The monoisotopic (exact) mass is 735 g/mol. The molecule has 4 aromatic rings. The van der Waals surface area contributed by atoms with E-state index in [4.69, 9.17) is 9.47 Å². The van der Waals surface area contributed by atoms with Crippen molar-refractivity contribution in [3.8, 4) is 28.4 Å². The lowest BCUT2D eigenvalue weighted by molar-refractivity contribution is 0.0408. The van der Waals surface area contributed by atoms with Crippen LogP contribution in [0.25, 0.3) is 11.1 Å². The highest BCUT2D eigenvalue weighted by Crippen LogP contribution is 2.61. The summed E-state index contributed by atoms with van der Waals surface area (Å²) in [4.78, 5) is 2.18. The first-order valence-corrected chi connectivity index (χ1v) is 20.1. The van der Waals surface area contributed by atoms with Crippen LogP contribution in [0, 0.1) is 23.1 Å². The summed E-state index contributed by atoms with van der Waals surface area (Å²) in [6, 6.07) is 28.3. The number of ether oxygens (including phenoxy) is 2. The Morgan fingerprint density at radius 1 is 0.926 bits per heavy atom. The molecule has 0 heterocycles. The zero-order chi connectivity index (χ0) is 38.2. The molecule has 0 bridgehead atoms. The van der Waals surface area contributed by atoms with E-state index in [1.54, 1.807) is 31.9 Å². The molecule has 0 aliphatic heterocycles. The maximum absolute atomic E-state index is 14.4. The van der Waals surface area contributed by atoms with Crippen LogP contribution in [0.5, 0.6) is 17.2 Å². The molecule has 0 amide bonds. The molecule has 0 spiro atoms. The van der Waals surface area contributed by atoms with Crippen LogP contribution in [-0.4, -0.2) is 64.0 Å². The Balaban J connectivity index is 0.000000194. The molecular formula is C47H62FN3O3. The van der Waals surface area contributed by atoms with Gasteiger partial charge in [0.25, 0.3) is 0 Å². The molecule has 3 aliphatic rings. The SMILES string of the molecule is CC(CNCCCN(C)C)c1ccc(-c2ccccc2)c(F)c1.COc1ccc2c(c1)CC[C@@H]1[C@@H]2CC[C@]2(C)[C@@H](NCc3ccc(O)c(OC)c3)CC[C@@H]12. The first kappa shape index (κ1) is 39.8. The summed E-state index contributed by atoms with van der Waals surface area (Å²) in [5.74, 6) is 4.22. The van der Waals surface area contributed by atoms with E-state index in [1.165, 1.54) is 44.1 Å². The molecule has 2 fully saturated rings. The molecule has 7 rings (SSSR count). The van der Waals surface area contributed by atoms with Gasteiger partial charge >= 0.3 is 0 Å². The summed E-state index contributed by atoms with van der Waals surface area (Å²) in [6.45, 7) is 8.45. The van der Waals surface area contributed by atoms with E-state index in [2.05, 4.69) is 61.7 Å². The molecule has 4 aromatic carbocycles. The Hall–Kier alpha value is -3.91. The predicted octanol–water partition coefficient (Wildman–Crippen LogP) is 9.56. The molecule has 0 radical (unpaired) electrons. The second-order valence-electron chi connectivity index (χ2n) is 16.4. The number of hydrogen-bond donors (Lipinski definition) is 3. The van der Waals surface area contributed by atoms with Gasteiger partial charge in [-0.3, -0.25) is 0 Å². The van der Waals surface area contributed by atoms with Crippen molar-refractivity contribution < 1.29 is 19.0 Å². The average molecular weight is 736 g/mol. The number of fused-ring (bicyclic) bond motifs is 5. The fourth-order valence-corrected chi connectivity index (χ4v) is 9.74. The van der Waals surface area contributed by atoms with Crippen molar-refractivity contribution in [2.75, 3.05) is 47.9 Å². The summed E-state index contributed by atoms with van der Waals surface area (Å²) in [6.07, 6.45) is 8.80. The molecular weight excluding hydrogens is 674 g/mol. The third-order valence-corrected chi connectivity index (χ3v) is 12.8. The summed E-state index contributed by atoms with van der Waals surface area (Å²) < 4.78 is 25.2. The zero-order valence-corrected chi connectivity index (χ0v) is 33.3. The van der Waals surface area contributed by atoms with Gasteiger partial charge in [0, 0.05) is 24.7 Å². The largest absolute Gasteiger partial charge is 0.504 e. The van der Waals surface area contributed by atoms with E-state index >= 15 is 0 Å². The summed E-state index contributed by atoms with van der Waals surface area (Å²) in [7, 11) is 7.53. The molecule has 0 aromatic heterocycles. The third kappa shape index (κ3) is 9.13. The minimum Gasteiger partial charge on any atom is -0.504 e. The molecule has 3 N–H and O–H groups in total. The fraction of sp³-hybridized carbons (Fsp3) is 0.489. The molecule has 54 heavy (non-hydrogen) atoms. The van der Waals surface area contributed by atoms with Gasteiger partial charge in [0.15, 0.2) is 11.5 Å². The van der Waals surface area contributed by atoms with Gasteiger partial charge in [0.2, 0.25) is 0 Å². The third-order valence-electron chi connectivity index (χ3n) is 12.8. The van der Waals surface area contributed by atoms with Gasteiger partial charge in [-0.25, -0.2) is 4.39 Å². The van der Waals surface area contributed by atoms with E-state index in [9.17, 15) is 9.50 Å². The number of phenols is 1. The molecule has 0 saturated heterocycles. The van der Waals surface area contributed by atoms with E-state index in [0.717, 1.165) is 66.9 Å². The van der Waals surface area contributed by atoms with E-state index < -0.39 is 0 Å². The van der Waals surface area contributed by atoms with Gasteiger partial charge in [-0.1, -0.05) is 68.4 Å². The van der Waals surface area contributed by atoms with Crippen molar-refractivity contribution in [2.45, 2.75) is 83.2 Å². The summed E-state index contributed by atoms with van der Waals surface area (Å²) >= 11 is 0. The van der Waals surface area contributed by atoms with Crippen LogP contribution in [0.2, 0.25) is 0 Å². The van der Waals surface area contributed by atoms with Crippen molar-refractivity contribution in [1.82, 2.24) is 15.5 Å². The smallest absolute Gasteiger partial charge is 0.160 e. The van der Waals surface area contributed by atoms with Gasteiger partial charge < -0.3 is 30.1 Å². The molecule has 7 heteroatoms. The maximum atomic E-state index is 14.4. The predicted molar refractivity (Wildman–Crippen MR) is 219 cm³/mol. The Kier molecular flexibility index (Phi) is 13.4. The molecule has 290 valence electrons. The number of hydrogen-bond acceptors (Lipinski definition) is 6. The Labute approximate surface area is 323 Å². The van der Waals surface area contributed by atoms with E-state index in [0.29, 0.717) is 34.6 Å². The highest BCUT2D eigenvalue weighted by Gasteiger charge is 2.54. The second-order valence-corrected chi connectivity index (χ2v) is 16.4. The lowest BCUT2D eigenvalue weighted by Gasteiger charge is -2.51. The Bertz CT molecular complexity index is 1820. The average Bonchev–Trinajstić information content (AvgIpc) is 3.53. The van der Waals surface area contributed by atoms with Crippen LogP contribution < -0.4 is 20.1 Å². The highest BCUT2D eigenvalue weighted by atomic mass is 19.1. The van der Waals surface area contributed by atoms with Crippen LogP contribution in [0.15, 0.2) is 84.9 Å². The van der Waals surface area contributed by atoms with Crippen LogP contribution >= 0.6 is 0 Å². The Morgan fingerprint density at radius 2 is 1.74 bits per heavy atom. The van der Waals surface area contributed by atoms with Gasteiger partial charge in [-0.15, -0.1) is 0 Å². The van der Waals surface area contributed by atoms with Crippen molar-refractivity contribution in [2.24, 2.45) is 17.3 Å². The number of aryl methyl sites for hydroxylation is 1. The lowest BCUT2D eigenvalue weighted by atomic mass is 9.55. The molecule has 6 atom stereocenters. The lowest BCUT2D eigenvalue weighted by Crippen LogP contribution is -2.48. The highest BCUT2D eigenvalue weighted by molar-refractivity contribution is 5.64. The number of nitrogens with one attached hydrogen (secondary N) is 2. The number of rotatable bonds is 13. The number of phenolic OH excluding ortho intramolecular Hbond substituents is 1. The first-order chi connectivity index (χ1) is 26.1. The zero-order valence-electron chi connectivity index (χ0n) is 33.3. The number of aromatic hydroxyl groups is 1. The molecule has 1 unspecified atom stereocenters. The normalized spacial score (nSPS) is 23.4. The number of halogens is 1. The van der Waals surface area contributed by atoms with Gasteiger partial charge in [-0.05, 0) is 159 Å². The molecule has 3 aliphatic carbocycles. The Morgan fingerprint density at radius 3 is 2.48 bits per heavy atom. The van der Waals surface area contributed by atoms with E-state index in [-0.39, 0.29) is 11.6 Å². The van der Waals surface area contributed by atoms with Gasteiger partial charge in [0.1, 0.15) is 11.6 Å². The van der Waals surface area contributed by atoms with Crippen molar-refractivity contribution in [3.05, 3.63) is 113 Å². The second kappa shape index (κ2) is 18.1. The van der Waals surface area contributed by atoms with E-state index in [1.807, 2.05) is 54.6 Å². The quantitative estimate of drug-likeness (QED) is 0.119. The minimum atomic E-state index is -0.145. The summed E-state index contributed by atoms with van der Waals surface area (Å²) in [5.41, 5.74) is 7.26. The van der Waals surface area contributed by atoms with Crippen molar-refractivity contribution in [1.29, 1.82) is 0 Å². The van der Waals surface area contributed by atoms with Crippen LogP contribution in [0.3, 0.4) is 0 Å². The number of nitrogens with zero attached hydrogens (tertiary/aromatic N) is 1. The van der Waals surface area contributed by atoms with Crippen molar-refractivity contribution >= 4 is 0 Å².